The molecule has 1 aliphatic rings. The van der Waals surface area contributed by atoms with Crippen molar-refractivity contribution in [2.45, 2.75) is 38.8 Å². The van der Waals surface area contributed by atoms with Crippen molar-refractivity contribution in [1.29, 1.82) is 0 Å². The maximum Gasteiger partial charge on any atom is 0.227 e. The molecule has 0 saturated heterocycles. The van der Waals surface area contributed by atoms with Gasteiger partial charge in [0.2, 0.25) is 11.7 Å². The van der Waals surface area contributed by atoms with Crippen LogP contribution in [0.1, 0.15) is 30.9 Å². The third-order valence-corrected chi connectivity index (χ3v) is 5.39. The van der Waals surface area contributed by atoms with Gasteiger partial charge in [-0.1, -0.05) is 30.3 Å². The molecule has 0 aromatic heterocycles. The number of carbonyl (C=O) groups excluding carboxylic acids is 1. The minimum absolute atomic E-state index is 0.109. The highest BCUT2D eigenvalue weighted by atomic mass is 16.5. The summed E-state index contributed by atoms with van der Waals surface area (Å²) in [6, 6.07) is 14.1. The van der Waals surface area contributed by atoms with Gasteiger partial charge in [0.05, 0.1) is 27.8 Å². The number of nitrogens with zero attached hydrogens (tertiary/aromatic N) is 1. The minimum atomic E-state index is 0.109. The Labute approximate surface area is 167 Å². The topological polar surface area (TPSA) is 48.0 Å². The zero-order chi connectivity index (χ0) is 20.1. The van der Waals surface area contributed by atoms with Gasteiger partial charge >= 0.3 is 0 Å². The quantitative estimate of drug-likeness (QED) is 0.655. The Morgan fingerprint density at radius 2 is 1.61 bits per heavy atom. The van der Waals surface area contributed by atoms with Crippen LogP contribution in [0.5, 0.6) is 17.2 Å². The highest BCUT2D eigenvalue weighted by Crippen LogP contribution is 2.39. The summed E-state index contributed by atoms with van der Waals surface area (Å²) < 4.78 is 16.2. The van der Waals surface area contributed by atoms with Crippen molar-refractivity contribution in [2.75, 3.05) is 21.3 Å². The van der Waals surface area contributed by atoms with E-state index in [1.807, 2.05) is 35.2 Å². The molecule has 0 radical (unpaired) electrons. The summed E-state index contributed by atoms with van der Waals surface area (Å²) in [7, 11) is 4.74. The van der Waals surface area contributed by atoms with Gasteiger partial charge in [-0.25, -0.2) is 0 Å². The van der Waals surface area contributed by atoms with Crippen molar-refractivity contribution in [1.82, 2.24) is 4.90 Å². The second-order valence-electron chi connectivity index (χ2n) is 7.30. The van der Waals surface area contributed by atoms with Crippen LogP contribution in [0, 0.1) is 5.92 Å². The predicted molar refractivity (Wildman–Crippen MR) is 109 cm³/mol. The Hall–Kier alpha value is -2.69. The molecule has 1 saturated carbocycles. The van der Waals surface area contributed by atoms with Crippen LogP contribution in [0.3, 0.4) is 0 Å². The van der Waals surface area contributed by atoms with Crippen LogP contribution in [0.25, 0.3) is 0 Å². The summed E-state index contributed by atoms with van der Waals surface area (Å²) in [5.41, 5.74) is 1.99. The molecule has 1 unspecified atom stereocenters. The molecule has 0 bridgehead atoms. The van der Waals surface area contributed by atoms with Crippen LogP contribution in [0.4, 0.5) is 0 Å². The molecule has 1 aliphatic carbocycles. The van der Waals surface area contributed by atoms with Gasteiger partial charge in [0.1, 0.15) is 0 Å². The Bertz CT molecular complexity index is 776. The molecule has 5 heteroatoms. The lowest BCUT2D eigenvalue weighted by Gasteiger charge is -2.30. The minimum Gasteiger partial charge on any atom is -0.493 e. The van der Waals surface area contributed by atoms with Crippen molar-refractivity contribution in [2.24, 2.45) is 5.92 Å². The van der Waals surface area contributed by atoms with Crippen LogP contribution >= 0.6 is 0 Å². The summed E-state index contributed by atoms with van der Waals surface area (Å²) in [5.74, 6) is 2.38. The first-order valence-corrected chi connectivity index (χ1v) is 9.69. The van der Waals surface area contributed by atoms with Gasteiger partial charge in [-0.3, -0.25) is 4.79 Å². The van der Waals surface area contributed by atoms with Gasteiger partial charge in [0.15, 0.2) is 11.5 Å². The number of hydrogen-bond donors (Lipinski definition) is 0. The van der Waals surface area contributed by atoms with E-state index in [0.29, 0.717) is 36.1 Å². The van der Waals surface area contributed by atoms with Crippen molar-refractivity contribution in [3.8, 4) is 17.2 Å². The van der Waals surface area contributed by atoms with E-state index in [9.17, 15) is 4.79 Å². The Morgan fingerprint density at radius 3 is 2.11 bits per heavy atom. The average Bonchev–Trinajstić information content (AvgIpc) is 3.56. The summed E-state index contributed by atoms with van der Waals surface area (Å²) in [4.78, 5) is 15.3. The number of rotatable bonds is 9. The highest BCUT2D eigenvalue weighted by Gasteiger charge is 2.34. The number of benzene rings is 2. The molecule has 28 heavy (non-hydrogen) atoms. The van der Waals surface area contributed by atoms with E-state index in [-0.39, 0.29) is 11.9 Å². The number of ether oxygens (including phenoxy) is 3. The molecule has 0 heterocycles. The highest BCUT2D eigenvalue weighted by molar-refractivity contribution is 5.79. The molecule has 1 fully saturated rings. The number of amides is 1. The van der Waals surface area contributed by atoms with Crippen molar-refractivity contribution in [3.63, 3.8) is 0 Å². The second-order valence-corrected chi connectivity index (χ2v) is 7.30. The lowest BCUT2D eigenvalue weighted by atomic mass is 10.1. The molecule has 0 aliphatic heterocycles. The first-order valence-electron chi connectivity index (χ1n) is 9.69. The first-order chi connectivity index (χ1) is 13.6. The fourth-order valence-electron chi connectivity index (χ4n) is 3.59. The molecule has 1 atom stereocenters. The summed E-state index contributed by atoms with van der Waals surface area (Å²) in [5, 5.41) is 0. The van der Waals surface area contributed by atoms with Gasteiger partial charge < -0.3 is 19.1 Å². The Kier molecular flexibility index (Phi) is 6.45. The summed E-state index contributed by atoms with van der Waals surface area (Å²) >= 11 is 0. The maximum atomic E-state index is 13.3. The van der Waals surface area contributed by atoms with E-state index in [1.165, 1.54) is 12.8 Å². The molecule has 3 rings (SSSR count). The van der Waals surface area contributed by atoms with Crippen LogP contribution in [0.2, 0.25) is 0 Å². The van der Waals surface area contributed by atoms with E-state index < -0.39 is 0 Å². The number of methoxy groups -OCH3 is 3. The first kappa shape index (κ1) is 20.1. The molecule has 5 nitrogen and oxygen atoms in total. The fourth-order valence-corrected chi connectivity index (χ4v) is 3.59. The Morgan fingerprint density at radius 1 is 1.00 bits per heavy atom. The third kappa shape index (κ3) is 4.58. The smallest absolute Gasteiger partial charge is 0.227 e. The normalized spacial score (nSPS) is 14.3. The lowest BCUT2D eigenvalue weighted by molar-refractivity contribution is -0.133. The molecule has 0 spiro atoms. The van der Waals surface area contributed by atoms with Gasteiger partial charge in [0.25, 0.3) is 0 Å². The zero-order valence-corrected chi connectivity index (χ0v) is 17.1. The van der Waals surface area contributed by atoms with Crippen LogP contribution in [-0.2, 0) is 17.8 Å². The van der Waals surface area contributed by atoms with Crippen LogP contribution in [-0.4, -0.2) is 38.2 Å². The van der Waals surface area contributed by atoms with Crippen molar-refractivity contribution in [3.05, 3.63) is 53.6 Å². The molecule has 150 valence electrons. The lowest BCUT2D eigenvalue weighted by Crippen LogP contribution is -2.40. The van der Waals surface area contributed by atoms with E-state index in [0.717, 1.165) is 11.1 Å². The second kappa shape index (κ2) is 9.00. The molecular weight excluding hydrogens is 354 g/mol. The van der Waals surface area contributed by atoms with Gasteiger partial charge in [-0.2, -0.15) is 0 Å². The largest absolute Gasteiger partial charge is 0.493 e. The predicted octanol–water partition coefficient (Wildman–Crippen LogP) is 4.08. The third-order valence-electron chi connectivity index (χ3n) is 5.39. The van der Waals surface area contributed by atoms with E-state index in [1.54, 1.807) is 21.3 Å². The summed E-state index contributed by atoms with van der Waals surface area (Å²) in [6.45, 7) is 2.79. The fraction of sp³-hybridized carbons (Fsp3) is 0.435. The van der Waals surface area contributed by atoms with Crippen molar-refractivity contribution >= 4 is 5.91 Å². The summed E-state index contributed by atoms with van der Waals surface area (Å²) in [6.07, 6.45) is 2.69. The SMILES string of the molecule is COc1cc(CC(=O)N(Cc2ccccc2)C(C)C2CC2)cc(OC)c1OC. The molecule has 1 amide bonds. The zero-order valence-electron chi connectivity index (χ0n) is 17.1. The van der Waals surface area contributed by atoms with E-state index in [2.05, 4.69) is 19.1 Å². The molecule has 2 aromatic carbocycles. The van der Waals surface area contributed by atoms with Crippen LogP contribution < -0.4 is 14.2 Å². The maximum absolute atomic E-state index is 13.3. The average molecular weight is 383 g/mol. The van der Waals surface area contributed by atoms with E-state index >= 15 is 0 Å². The van der Waals surface area contributed by atoms with Crippen LogP contribution in [0.15, 0.2) is 42.5 Å². The molecule has 2 aromatic rings. The Balaban J connectivity index is 1.83. The number of hydrogen-bond acceptors (Lipinski definition) is 4. The van der Waals surface area contributed by atoms with Gasteiger partial charge in [-0.15, -0.1) is 0 Å². The van der Waals surface area contributed by atoms with Gasteiger partial charge in [0, 0.05) is 12.6 Å². The van der Waals surface area contributed by atoms with Crippen molar-refractivity contribution < 1.29 is 19.0 Å². The van der Waals surface area contributed by atoms with Gasteiger partial charge in [-0.05, 0) is 48.9 Å². The standard InChI is InChI=1S/C23H29NO4/c1-16(19-10-11-19)24(15-17-8-6-5-7-9-17)22(25)14-18-12-20(26-2)23(28-4)21(13-18)27-3/h5-9,12-13,16,19H,10-11,14-15H2,1-4H3. The molecule has 0 N–H and O–H groups in total. The molecular formula is C23H29NO4. The van der Waals surface area contributed by atoms with E-state index in [4.69, 9.17) is 14.2 Å². The monoisotopic (exact) mass is 383 g/mol. The number of carbonyl (C=O) groups is 1.